The molecule has 0 fully saturated rings. The second-order valence-corrected chi connectivity index (χ2v) is 9.78. The van der Waals surface area contributed by atoms with Gasteiger partial charge in [0.15, 0.2) is 5.15 Å². The van der Waals surface area contributed by atoms with E-state index < -0.39 is 22.2 Å². The maximum Gasteiger partial charge on any atom is 0.172 e. The van der Waals surface area contributed by atoms with Gasteiger partial charge in [-0.05, 0) is 47.3 Å². The van der Waals surface area contributed by atoms with Crippen molar-refractivity contribution in [3.8, 4) is 0 Å². The van der Waals surface area contributed by atoms with E-state index in [-0.39, 0.29) is 17.9 Å². The smallest absolute Gasteiger partial charge is 0.172 e. The lowest BCUT2D eigenvalue weighted by Crippen LogP contribution is -2.26. The molecule has 4 N–H and O–H groups in total. The van der Waals surface area contributed by atoms with Crippen LogP contribution in [0.2, 0.25) is 0 Å². The monoisotopic (exact) mass is 463 g/mol. The summed E-state index contributed by atoms with van der Waals surface area (Å²) < 4.78 is 38.8. The summed E-state index contributed by atoms with van der Waals surface area (Å²) in [5, 5.41) is 15.3. The largest absolute Gasteiger partial charge is 0.378 e. The maximum absolute atomic E-state index is 14.1. The van der Waals surface area contributed by atoms with Gasteiger partial charge in [-0.2, -0.15) is 0 Å². The Labute approximate surface area is 174 Å². The summed E-state index contributed by atoms with van der Waals surface area (Å²) in [6, 6.07) is 10.5. The van der Waals surface area contributed by atoms with E-state index in [1.165, 1.54) is 12.1 Å². The van der Waals surface area contributed by atoms with Crippen LogP contribution >= 0.6 is 27.7 Å². The molecule has 2 aromatic rings. The summed E-state index contributed by atoms with van der Waals surface area (Å²) in [6.07, 6.45) is 0.0705. The predicted octanol–water partition coefficient (Wildman–Crippen LogP) is 4.27. The van der Waals surface area contributed by atoms with Crippen LogP contribution in [0, 0.1) is 11.2 Å². The minimum atomic E-state index is -1.92. The molecule has 0 aliphatic heterocycles. The summed E-state index contributed by atoms with van der Waals surface area (Å²) >= 11 is 0. The highest BCUT2D eigenvalue weighted by Gasteiger charge is 2.27. The average Bonchev–Trinajstić information content (AvgIpc) is 2.62. The predicted molar refractivity (Wildman–Crippen MR) is 126 cm³/mol. The fourth-order valence-electron chi connectivity index (χ4n) is 2.35. The molecule has 5 unspecified atom stereocenters. The Morgan fingerprint density at radius 2 is 1.82 bits per heavy atom. The number of hydrogen-bond acceptors (Lipinski definition) is 3. The third-order valence-corrected chi connectivity index (χ3v) is 5.66. The third-order valence-electron chi connectivity index (χ3n) is 3.72. The van der Waals surface area contributed by atoms with Crippen molar-refractivity contribution in [2.24, 2.45) is 5.14 Å². The molecule has 0 saturated carbocycles. The normalized spacial score (nSPS) is 13.1. The number of benzene rings is 2. The first-order valence-corrected chi connectivity index (χ1v) is 11.4. The van der Waals surface area contributed by atoms with Crippen molar-refractivity contribution in [2.75, 3.05) is 5.32 Å². The van der Waals surface area contributed by atoms with Gasteiger partial charge >= 0.3 is 0 Å². The molecule has 5 atom stereocenters. The van der Waals surface area contributed by atoms with Crippen LogP contribution in [0.15, 0.2) is 47.4 Å². The topological polar surface area (TPSA) is 79.0 Å². The molecule has 0 heterocycles. The van der Waals surface area contributed by atoms with E-state index in [1.54, 1.807) is 30.3 Å². The van der Waals surface area contributed by atoms with E-state index in [0.29, 0.717) is 15.9 Å². The highest BCUT2D eigenvalue weighted by molar-refractivity contribution is 7.82. The highest BCUT2D eigenvalue weighted by Crippen LogP contribution is 2.34. The van der Waals surface area contributed by atoms with Gasteiger partial charge in [-0.15, -0.1) is 9.24 Å². The number of halogens is 2. The first-order valence-electron chi connectivity index (χ1n) is 8.50. The molecule has 0 spiro atoms. The lowest BCUT2D eigenvalue weighted by molar-refractivity contribution is 0.493. The molecule has 0 radical (unpaired) electrons. The molecule has 10 heteroatoms. The summed E-state index contributed by atoms with van der Waals surface area (Å²) in [5.41, 5.74) is 1.27. The van der Waals surface area contributed by atoms with Gasteiger partial charge in [0, 0.05) is 12.1 Å². The summed E-state index contributed by atoms with van der Waals surface area (Å²) in [5.74, 6) is -0.376. The number of nitrogens with one attached hydrogen (secondary N) is 2. The van der Waals surface area contributed by atoms with Gasteiger partial charge in [0.1, 0.15) is 16.8 Å². The van der Waals surface area contributed by atoms with Crippen LogP contribution in [0.3, 0.4) is 0 Å². The molecular weight excluding hydrogens is 437 g/mol. The van der Waals surface area contributed by atoms with E-state index in [0.717, 1.165) is 5.56 Å². The van der Waals surface area contributed by atoms with Crippen LogP contribution in [0.25, 0.3) is 0 Å². The molecule has 28 heavy (non-hydrogen) atoms. The molecule has 0 aliphatic rings. The Morgan fingerprint density at radius 3 is 2.29 bits per heavy atom. The number of rotatable bonds is 7. The number of hydrogen-bond donors (Lipinski definition) is 3. The molecule has 2 aromatic carbocycles. The van der Waals surface area contributed by atoms with Gasteiger partial charge in [0.05, 0.1) is 16.6 Å². The lowest BCUT2D eigenvalue weighted by atomic mass is 10.00. The van der Waals surface area contributed by atoms with Crippen molar-refractivity contribution < 1.29 is 13.0 Å². The summed E-state index contributed by atoms with van der Waals surface area (Å²) in [6.45, 7) is 4.00. The molecule has 0 saturated heterocycles. The van der Waals surface area contributed by atoms with Crippen LogP contribution in [-0.2, 0) is 11.0 Å². The molecule has 4 nitrogen and oxygen atoms in total. The van der Waals surface area contributed by atoms with Crippen molar-refractivity contribution >= 4 is 55.4 Å². The van der Waals surface area contributed by atoms with E-state index in [2.05, 4.69) is 14.6 Å². The van der Waals surface area contributed by atoms with Crippen molar-refractivity contribution in [2.45, 2.75) is 36.4 Å². The Morgan fingerprint density at radius 1 is 1.25 bits per heavy atom. The quantitative estimate of drug-likeness (QED) is 0.424. The Bertz CT molecular complexity index is 830. The van der Waals surface area contributed by atoms with Crippen molar-refractivity contribution in [3.63, 3.8) is 0 Å². The number of nitrogens with two attached hydrogens (primary N) is 1. The van der Waals surface area contributed by atoms with E-state index in [1.807, 2.05) is 32.3 Å². The number of alkyl halides is 1. The minimum Gasteiger partial charge on any atom is -0.378 e. The van der Waals surface area contributed by atoms with Gasteiger partial charge in [0.25, 0.3) is 0 Å². The van der Waals surface area contributed by atoms with E-state index >= 15 is 0 Å². The first kappa shape index (κ1) is 25.2. The van der Waals surface area contributed by atoms with Crippen molar-refractivity contribution in [1.82, 2.24) is 0 Å². The van der Waals surface area contributed by atoms with Crippen LogP contribution in [-0.4, -0.2) is 15.1 Å². The molecular formula is C18H26F2N3OP3S. The van der Waals surface area contributed by atoms with Gasteiger partial charge in [0.2, 0.25) is 0 Å². The summed E-state index contributed by atoms with van der Waals surface area (Å²) in [4.78, 5) is 0.478. The van der Waals surface area contributed by atoms with Crippen LogP contribution in [0.5, 0.6) is 0 Å². The van der Waals surface area contributed by atoms with Crippen LogP contribution in [0.4, 0.5) is 14.5 Å². The van der Waals surface area contributed by atoms with Crippen LogP contribution < -0.4 is 15.8 Å². The van der Waals surface area contributed by atoms with Crippen molar-refractivity contribution in [3.05, 3.63) is 53.8 Å². The van der Waals surface area contributed by atoms with E-state index in [4.69, 9.17) is 10.5 Å². The molecule has 2 rings (SSSR count). The van der Waals surface area contributed by atoms with Crippen molar-refractivity contribution in [1.29, 1.82) is 5.41 Å². The SMILES string of the molecule is CC.N=C(CC(Nc1ccc(S(N)=O)cc1)c1ccc(F)cc1P)C(F)(P)P. The Kier molecular flexibility index (Phi) is 10.2. The Hall–Kier alpha value is -0.830. The maximum atomic E-state index is 14.1. The molecule has 0 aliphatic carbocycles. The molecule has 154 valence electrons. The Balaban J connectivity index is 0.00000190. The number of anilines is 1. The van der Waals surface area contributed by atoms with Gasteiger partial charge in [-0.1, -0.05) is 38.4 Å². The van der Waals surface area contributed by atoms with Gasteiger partial charge < -0.3 is 10.7 Å². The average molecular weight is 463 g/mol. The molecule has 0 amide bonds. The second-order valence-electron chi connectivity index (χ2n) is 5.74. The molecule has 0 bridgehead atoms. The fourth-order valence-corrected chi connectivity index (χ4v) is 3.45. The highest BCUT2D eigenvalue weighted by atomic mass is 32.2. The third kappa shape index (κ3) is 7.54. The zero-order valence-corrected chi connectivity index (χ0v) is 20.0. The molecule has 0 aromatic heterocycles. The zero-order chi connectivity index (χ0) is 21.5. The fraction of sp³-hybridized carbons (Fsp3) is 0.278. The standard InChI is InChI=1S/C16H20F2N3OP3S.C2H6/c17-9-1-6-12(14(23)7-9)13(8-15(19)16(18,24)25)21-10-2-4-11(5-3-10)26(20)22;1-2/h1-7,13,19,21H,8,20,23-25H2;1-2H3. The minimum absolute atomic E-state index is 0.0705. The second kappa shape index (κ2) is 11.4. The first-order chi connectivity index (χ1) is 13.1. The van der Waals surface area contributed by atoms with Crippen LogP contribution in [0.1, 0.15) is 31.9 Å². The van der Waals surface area contributed by atoms with Gasteiger partial charge in [-0.3, -0.25) is 0 Å². The van der Waals surface area contributed by atoms with Gasteiger partial charge in [-0.25, -0.2) is 18.1 Å². The lowest BCUT2D eigenvalue weighted by Gasteiger charge is -2.25. The summed E-state index contributed by atoms with van der Waals surface area (Å²) in [7, 11) is 4.83. The zero-order valence-electron chi connectivity index (χ0n) is 15.7. The van der Waals surface area contributed by atoms with E-state index in [9.17, 15) is 13.0 Å².